The number of nitrogens with one attached hydrogen (secondary N) is 2. The Hall–Kier alpha value is -4.90. The summed E-state index contributed by atoms with van der Waals surface area (Å²) in [4.78, 5) is 47.4. The van der Waals surface area contributed by atoms with E-state index >= 15 is 0 Å². The zero-order valence-electron chi connectivity index (χ0n) is 25.6. The minimum absolute atomic E-state index is 0.186. The standard InChI is InChI=1S/C33H39N5O6/c1-5-43-30(39)12-7-6-8-17-44-28-18-21(2)13-16-26(28)38(3)33(41)22-14-15-24(27(19-22)42-4)36-32(40)23-10-9-11-25-31(23)37-29(20-34)35-25/h9-11,13-16,18-19H,5-8,12,17,20,34H2,1-4H3,(H,35,37)(H,36,40). The molecule has 11 heteroatoms. The predicted molar refractivity (Wildman–Crippen MR) is 169 cm³/mol. The molecule has 0 fully saturated rings. The Labute approximate surface area is 256 Å². The SMILES string of the molecule is CCOC(=O)CCCCCOc1cc(C)ccc1N(C)C(=O)c1ccc(NC(=O)c2cccc3[nH]c(CN)nc23)c(OC)c1. The summed E-state index contributed by atoms with van der Waals surface area (Å²) in [6.07, 6.45) is 2.71. The highest BCUT2D eigenvalue weighted by Crippen LogP contribution is 2.32. The van der Waals surface area contributed by atoms with Gasteiger partial charge in [-0.3, -0.25) is 14.4 Å². The normalized spacial score (nSPS) is 10.8. The average Bonchev–Trinajstić information content (AvgIpc) is 3.46. The van der Waals surface area contributed by atoms with Gasteiger partial charge in [-0.1, -0.05) is 12.1 Å². The summed E-state index contributed by atoms with van der Waals surface area (Å²) in [6, 6.07) is 15.8. The average molecular weight is 602 g/mol. The van der Waals surface area contributed by atoms with Crippen LogP contribution in [0.25, 0.3) is 11.0 Å². The van der Waals surface area contributed by atoms with Crippen molar-refractivity contribution in [1.82, 2.24) is 9.97 Å². The van der Waals surface area contributed by atoms with Gasteiger partial charge >= 0.3 is 5.97 Å². The third kappa shape index (κ3) is 7.73. The second kappa shape index (κ2) is 15.0. The van der Waals surface area contributed by atoms with Crippen LogP contribution in [0.1, 0.15) is 64.7 Å². The molecule has 0 unspecified atom stereocenters. The van der Waals surface area contributed by atoms with E-state index in [2.05, 4.69) is 15.3 Å². The number of unbranched alkanes of at least 4 members (excludes halogenated alkanes) is 2. The number of fused-ring (bicyclic) bond motifs is 1. The van der Waals surface area contributed by atoms with Crippen molar-refractivity contribution in [2.24, 2.45) is 5.73 Å². The lowest BCUT2D eigenvalue weighted by molar-refractivity contribution is -0.143. The van der Waals surface area contributed by atoms with Gasteiger partial charge in [0.1, 0.15) is 22.8 Å². The van der Waals surface area contributed by atoms with Crippen molar-refractivity contribution >= 4 is 40.2 Å². The number of esters is 1. The van der Waals surface area contributed by atoms with E-state index in [-0.39, 0.29) is 24.3 Å². The van der Waals surface area contributed by atoms with Crippen LogP contribution in [0.4, 0.5) is 11.4 Å². The minimum atomic E-state index is -0.373. The predicted octanol–water partition coefficient (Wildman–Crippen LogP) is 5.37. The maximum absolute atomic E-state index is 13.6. The largest absolute Gasteiger partial charge is 0.495 e. The molecule has 11 nitrogen and oxygen atoms in total. The summed E-state index contributed by atoms with van der Waals surface area (Å²) in [5, 5.41) is 2.87. The number of aromatic nitrogens is 2. The van der Waals surface area contributed by atoms with Crippen LogP contribution in [0, 0.1) is 6.92 Å². The second-order valence-electron chi connectivity index (χ2n) is 10.3. The Balaban J connectivity index is 1.44. The maximum Gasteiger partial charge on any atom is 0.305 e. The number of H-pyrrole nitrogens is 1. The number of nitrogens with zero attached hydrogens (tertiary/aromatic N) is 2. The van der Waals surface area contributed by atoms with E-state index in [9.17, 15) is 14.4 Å². The molecule has 0 aliphatic carbocycles. The fraction of sp³-hybridized carbons (Fsp3) is 0.333. The minimum Gasteiger partial charge on any atom is -0.495 e. The van der Waals surface area contributed by atoms with Gasteiger partial charge < -0.3 is 35.1 Å². The highest BCUT2D eigenvalue weighted by molar-refractivity contribution is 6.12. The van der Waals surface area contributed by atoms with Crippen molar-refractivity contribution in [3.8, 4) is 11.5 Å². The van der Waals surface area contributed by atoms with Crippen LogP contribution in [0.2, 0.25) is 0 Å². The van der Waals surface area contributed by atoms with Crippen LogP contribution < -0.4 is 25.4 Å². The molecule has 4 rings (SSSR count). The number of carbonyl (C=O) groups is 3. The van der Waals surface area contributed by atoms with Crippen molar-refractivity contribution in [1.29, 1.82) is 0 Å². The molecule has 0 atom stereocenters. The molecule has 232 valence electrons. The smallest absolute Gasteiger partial charge is 0.305 e. The maximum atomic E-state index is 13.6. The van der Waals surface area contributed by atoms with Crippen molar-refractivity contribution in [3.05, 3.63) is 77.1 Å². The van der Waals surface area contributed by atoms with Crippen LogP contribution in [0.3, 0.4) is 0 Å². The summed E-state index contributed by atoms with van der Waals surface area (Å²) in [6.45, 7) is 4.81. The van der Waals surface area contributed by atoms with Crippen molar-refractivity contribution < 1.29 is 28.6 Å². The van der Waals surface area contributed by atoms with Gasteiger partial charge in [0.25, 0.3) is 11.8 Å². The monoisotopic (exact) mass is 601 g/mol. The number of anilines is 2. The Morgan fingerprint density at radius 2 is 1.84 bits per heavy atom. The first kappa shape index (κ1) is 32.0. The van der Waals surface area contributed by atoms with E-state index in [0.29, 0.717) is 70.5 Å². The highest BCUT2D eigenvalue weighted by Gasteiger charge is 2.21. The van der Waals surface area contributed by atoms with Gasteiger partial charge in [0.2, 0.25) is 0 Å². The molecule has 0 aliphatic heterocycles. The molecule has 44 heavy (non-hydrogen) atoms. The molecule has 0 radical (unpaired) electrons. The highest BCUT2D eigenvalue weighted by atomic mass is 16.5. The number of rotatable bonds is 14. The second-order valence-corrected chi connectivity index (χ2v) is 10.3. The van der Waals surface area contributed by atoms with E-state index in [4.69, 9.17) is 19.9 Å². The van der Waals surface area contributed by atoms with Crippen molar-refractivity contribution in [2.75, 3.05) is 37.6 Å². The van der Waals surface area contributed by atoms with E-state index in [1.807, 2.05) is 31.2 Å². The Bertz CT molecular complexity index is 1630. The zero-order chi connectivity index (χ0) is 31.6. The van der Waals surface area contributed by atoms with E-state index in [1.54, 1.807) is 44.3 Å². The number of amides is 2. The molecule has 0 spiro atoms. The summed E-state index contributed by atoms with van der Waals surface area (Å²) in [5.41, 5.74) is 9.71. The van der Waals surface area contributed by atoms with E-state index in [0.717, 1.165) is 24.8 Å². The lowest BCUT2D eigenvalue weighted by atomic mass is 10.1. The van der Waals surface area contributed by atoms with Gasteiger partial charge in [0, 0.05) is 19.0 Å². The zero-order valence-corrected chi connectivity index (χ0v) is 25.6. The van der Waals surface area contributed by atoms with Crippen LogP contribution in [0.5, 0.6) is 11.5 Å². The van der Waals surface area contributed by atoms with Crippen molar-refractivity contribution in [3.63, 3.8) is 0 Å². The number of methoxy groups -OCH3 is 1. The molecule has 4 N–H and O–H groups in total. The Morgan fingerprint density at radius 1 is 1.02 bits per heavy atom. The molecule has 3 aromatic carbocycles. The number of nitrogens with two attached hydrogens (primary N) is 1. The number of ether oxygens (including phenoxy) is 3. The first-order chi connectivity index (χ1) is 21.2. The summed E-state index contributed by atoms with van der Waals surface area (Å²) < 4.78 is 16.6. The summed E-state index contributed by atoms with van der Waals surface area (Å²) in [5.74, 6) is 0.667. The first-order valence-corrected chi connectivity index (χ1v) is 14.6. The summed E-state index contributed by atoms with van der Waals surface area (Å²) >= 11 is 0. The van der Waals surface area contributed by atoms with Gasteiger partial charge in [-0.2, -0.15) is 0 Å². The number of aromatic amines is 1. The van der Waals surface area contributed by atoms with Crippen LogP contribution >= 0.6 is 0 Å². The van der Waals surface area contributed by atoms with Gasteiger partial charge in [-0.15, -0.1) is 0 Å². The van der Waals surface area contributed by atoms with Gasteiger partial charge in [0.15, 0.2) is 0 Å². The van der Waals surface area contributed by atoms with Gasteiger partial charge in [-0.05, 0) is 81.1 Å². The number of aryl methyl sites for hydroxylation is 1. The van der Waals surface area contributed by atoms with Gasteiger partial charge in [0.05, 0.1) is 49.3 Å². The lowest BCUT2D eigenvalue weighted by Crippen LogP contribution is -2.27. The lowest BCUT2D eigenvalue weighted by Gasteiger charge is -2.22. The number of hydrogen-bond donors (Lipinski definition) is 3. The molecular weight excluding hydrogens is 562 g/mol. The Morgan fingerprint density at radius 3 is 2.59 bits per heavy atom. The number of benzene rings is 3. The van der Waals surface area contributed by atoms with Gasteiger partial charge in [-0.25, -0.2) is 4.98 Å². The molecule has 0 saturated heterocycles. The van der Waals surface area contributed by atoms with Crippen LogP contribution in [-0.2, 0) is 16.1 Å². The number of imidazole rings is 1. The summed E-state index contributed by atoms with van der Waals surface area (Å²) in [7, 11) is 3.16. The third-order valence-corrected chi connectivity index (χ3v) is 7.07. The van der Waals surface area contributed by atoms with Crippen molar-refractivity contribution in [2.45, 2.75) is 46.1 Å². The molecule has 0 aliphatic rings. The fourth-order valence-corrected chi connectivity index (χ4v) is 4.76. The molecule has 0 bridgehead atoms. The first-order valence-electron chi connectivity index (χ1n) is 14.6. The molecule has 2 amide bonds. The number of carbonyl (C=O) groups excluding carboxylic acids is 3. The van der Waals surface area contributed by atoms with E-state index in [1.165, 1.54) is 12.0 Å². The molecule has 1 aromatic heterocycles. The fourth-order valence-electron chi connectivity index (χ4n) is 4.76. The molecule has 1 heterocycles. The molecular formula is C33H39N5O6. The van der Waals surface area contributed by atoms with Crippen LogP contribution in [0.15, 0.2) is 54.6 Å². The molecule has 4 aromatic rings. The number of para-hydroxylation sites is 1. The topological polar surface area (TPSA) is 149 Å². The third-order valence-electron chi connectivity index (χ3n) is 7.07. The number of hydrogen-bond acceptors (Lipinski definition) is 8. The quantitative estimate of drug-likeness (QED) is 0.129. The van der Waals surface area contributed by atoms with E-state index < -0.39 is 0 Å². The molecule has 0 saturated carbocycles. The van der Waals surface area contributed by atoms with Crippen LogP contribution in [-0.4, -0.2) is 55.1 Å². The Kier molecular flexibility index (Phi) is 10.9.